The van der Waals surface area contributed by atoms with Crippen molar-refractivity contribution in [1.82, 2.24) is 0 Å². The minimum absolute atomic E-state index is 0.0135. The van der Waals surface area contributed by atoms with E-state index in [1.807, 2.05) is 31.3 Å². The van der Waals surface area contributed by atoms with Crippen LogP contribution in [0.4, 0.5) is 17.1 Å². The van der Waals surface area contributed by atoms with Gasteiger partial charge in [-0.25, -0.2) is 0 Å². The summed E-state index contributed by atoms with van der Waals surface area (Å²) in [6, 6.07) is 24.7. The highest BCUT2D eigenvalue weighted by atomic mass is 15.4. The van der Waals surface area contributed by atoms with Crippen molar-refractivity contribution in [3.05, 3.63) is 77.4 Å². The number of aryl methyl sites for hydroxylation is 1. The summed E-state index contributed by atoms with van der Waals surface area (Å²) in [4.78, 5) is 4.35. The molecule has 136 valence electrons. The zero-order valence-electron chi connectivity index (χ0n) is 16.1. The predicted molar refractivity (Wildman–Crippen MR) is 112 cm³/mol. The van der Waals surface area contributed by atoms with Crippen LogP contribution in [-0.2, 0) is 0 Å². The van der Waals surface area contributed by atoms with Crippen LogP contribution in [0.3, 0.4) is 0 Å². The molecule has 1 aliphatic rings. The molecule has 1 heterocycles. The van der Waals surface area contributed by atoms with Crippen molar-refractivity contribution in [2.24, 2.45) is 0 Å². The van der Waals surface area contributed by atoms with Gasteiger partial charge in [0.2, 0.25) is 0 Å². The maximum atomic E-state index is 9.72. The van der Waals surface area contributed by atoms with Gasteiger partial charge >= 0.3 is 0 Å². The number of hydrogen-bond acceptors (Lipinski definition) is 4. The Bertz CT molecular complexity index is 1140. The van der Waals surface area contributed by atoms with E-state index in [4.69, 9.17) is 0 Å². The molecule has 0 saturated heterocycles. The molecule has 0 amide bonds. The van der Waals surface area contributed by atoms with Gasteiger partial charge in [-0.15, -0.1) is 0 Å². The Morgan fingerprint density at radius 2 is 1.61 bits per heavy atom. The predicted octanol–water partition coefficient (Wildman–Crippen LogP) is 5.34. The molecule has 28 heavy (non-hydrogen) atoms. The first-order valence-electron chi connectivity index (χ1n) is 9.22. The normalized spacial score (nSPS) is 15.1. The molecule has 0 bridgehead atoms. The van der Waals surface area contributed by atoms with Gasteiger partial charge in [-0.3, -0.25) is 0 Å². The molecule has 4 heteroatoms. The van der Waals surface area contributed by atoms with Crippen LogP contribution in [0.2, 0.25) is 0 Å². The number of anilines is 3. The number of benzene rings is 3. The molecule has 0 saturated carbocycles. The van der Waals surface area contributed by atoms with Crippen LogP contribution in [-0.4, -0.2) is 13.2 Å². The van der Waals surface area contributed by atoms with E-state index in [1.165, 1.54) is 0 Å². The fraction of sp³-hybridized carbons (Fsp3) is 0.167. The van der Waals surface area contributed by atoms with Gasteiger partial charge in [0.25, 0.3) is 0 Å². The third-order valence-electron chi connectivity index (χ3n) is 5.50. The van der Waals surface area contributed by atoms with E-state index in [2.05, 4.69) is 66.1 Å². The standard InChI is InChI=1S/C24H20N4/c1-16-8-7-11-20(18-9-5-4-6-10-18)23(16)28-17(2)27(3)24-21(15-26)19(14-25)12-13-22(24)28/h4-13,17H,1-3H3/t17-/m0/s1. The maximum Gasteiger partial charge on any atom is 0.103 e. The lowest BCUT2D eigenvalue weighted by Gasteiger charge is -2.31. The third-order valence-corrected chi connectivity index (χ3v) is 5.50. The first kappa shape index (κ1) is 17.6. The lowest BCUT2D eigenvalue weighted by atomic mass is 9.98. The molecule has 0 N–H and O–H groups in total. The Kier molecular flexibility index (Phi) is 4.26. The summed E-state index contributed by atoms with van der Waals surface area (Å²) in [6.07, 6.45) is 0.0135. The molecule has 3 aromatic rings. The van der Waals surface area contributed by atoms with Crippen molar-refractivity contribution in [3.8, 4) is 23.3 Å². The monoisotopic (exact) mass is 364 g/mol. The largest absolute Gasteiger partial charge is 0.351 e. The maximum absolute atomic E-state index is 9.72. The summed E-state index contributed by atoms with van der Waals surface area (Å²) >= 11 is 0. The van der Waals surface area contributed by atoms with E-state index in [9.17, 15) is 10.5 Å². The van der Waals surface area contributed by atoms with E-state index in [1.54, 1.807) is 6.07 Å². The minimum atomic E-state index is 0.0135. The quantitative estimate of drug-likeness (QED) is 0.616. The van der Waals surface area contributed by atoms with Crippen LogP contribution in [0, 0.1) is 29.6 Å². The fourth-order valence-corrected chi connectivity index (χ4v) is 4.04. The Morgan fingerprint density at radius 1 is 0.857 bits per heavy atom. The van der Waals surface area contributed by atoms with E-state index in [-0.39, 0.29) is 6.17 Å². The molecule has 0 spiro atoms. The number of fused-ring (bicyclic) bond motifs is 1. The second-order valence-corrected chi connectivity index (χ2v) is 7.03. The molecular weight excluding hydrogens is 344 g/mol. The molecule has 0 aliphatic carbocycles. The molecule has 3 aromatic carbocycles. The number of para-hydroxylation sites is 1. The van der Waals surface area contributed by atoms with E-state index in [0.29, 0.717) is 11.1 Å². The van der Waals surface area contributed by atoms with Crippen molar-refractivity contribution in [2.45, 2.75) is 20.0 Å². The van der Waals surface area contributed by atoms with Gasteiger partial charge in [-0.2, -0.15) is 10.5 Å². The van der Waals surface area contributed by atoms with Crippen molar-refractivity contribution >= 4 is 17.1 Å². The van der Waals surface area contributed by atoms with Crippen molar-refractivity contribution < 1.29 is 0 Å². The van der Waals surface area contributed by atoms with Crippen LogP contribution in [0.1, 0.15) is 23.6 Å². The van der Waals surface area contributed by atoms with E-state index < -0.39 is 0 Å². The van der Waals surface area contributed by atoms with Crippen LogP contribution >= 0.6 is 0 Å². The highest BCUT2D eigenvalue weighted by Gasteiger charge is 2.36. The summed E-state index contributed by atoms with van der Waals surface area (Å²) < 4.78 is 0. The molecule has 0 aromatic heterocycles. The summed E-state index contributed by atoms with van der Waals surface area (Å²) in [5.74, 6) is 0. The van der Waals surface area contributed by atoms with Crippen molar-refractivity contribution in [2.75, 3.05) is 16.8 Å². The summed E-state index contributed by atoms with van der Waals surface area (Å²) in [7, 11) is 1.98. The molecule has 0 fully saturated rings. The second-order valence-electron chi connectivity index (χ2n) is 7.03. The average Bonchev–Trinajstić information content (AvgIpc) is 2.98. The Morgan fingerprint density at radius 3 is 2.29 bits per heavy atom. The number of rotatable bonds is 2. The smallest absolute Gasteiger partial charge is 0.103 e. The molecular formula is C24H20N4. The SMILES string of the molecule is Cc1cccc(-c2ccccc2)c1N1c2ccc(C#N)c(C#N)c2N(C)[C@@H]1C. The van der Waals surface area contributed by atoms with Gasteiger partial charge < -0.3 is 9.80 Å². The number of hydrogen-bond donors (Lipinski definition) is 0. The molecule has 0 unspecified atom stereocenters. The van der Waals surface area contributed by atoms with Gasteiger partial charge in [-0.1, -0.05) is 48.5 Å². The Labute approximate surface area is 165 Å². The molecule has 0 radical (unpaired) electrons. The Hall–Kier alpha value is -3.76. The van der Waals surface area contributed by atoms with Gasteiger partial charge in [0.1, 0.15) is 18.3 Å². The van der Waals surface area contributed by atoms with Crippen LogP contribution in [0.25, 0.3) is 11.1 Å². The number of nitrogens with zero attached hydrogens (tertiary/aromatic N) is 4. The van der Waals surface area contributed by atoms with Crippen LogP contribution < -0.4 is 9.80 Å². The second kappa shape index (κ2) is 6.76. The topological polar surface area (TPSA) is 54.1 Å². The van der Waals surface area contributed by atoms with Gasteiger partial charge in [0, 0.05) is 12.6 Å². The molecule has 1 aliphatic heterocycles. The Balaban J connectivity index is 2.00. The fourth-order valence-electron chi connectivity index (χ4n) is 4.04. The summed E-state index contributed by atoms with van der Waals surface area (Å²) in [6.45, 7) is 4.23. The minimum Gasteiger partial charge on any atom is -0.351 e. The van der Waals surface area contributed by atoms with Crippen LogP contribution in [0.5, 0.6) is 0 Å². The highest BCUT2D eigenvalue weighted by molar-refractivity contribution is 5.94. The van der Waals surface area contributed by atoms with Crippen LogP contribution in [0.15, 0.2) is 60.7 Å². The zero-order chi connectivity index (χ0) is 19.8. The molecule has 4 nitrogen and oxygen atoms in total. The van der Waals surface area contributed by atoms with Gasteiger partial charge in [0.15, 0.2) is 0 Å². The summed E-state index contributed by atoms with van der Waals surface area (Å²) in [5.41, 5.74) is 7.21. The van der Waals surface area contributed by atoms with E-state index in [0.717, 1.165) is 33.8 Å². The highest BCUT2D eigenvalue weighted by Crippen LogP contribution is 2.49. The number of nitriles is 2. The van der Waals surface area contributed by atoms with Crippen molar-refractivity contribution in [3.63, 3.8) is 0 Å². The lowest BCUT2D eigenvalue weighted by molar-refractivity contribution is 0.733. The zero-order valence-corrected chi connectivity index (χ0v) is 16.1. The first-order chi connectivity index (χ1) is 13.6. The van der Waals surface area contributed by atoms with E-state index >= 15 is 0 Å². The third kappa shape index (κ3) is 2.51. The summed E-state index contributed by atoms with van der Waals surface area (Å²) in [5, 5.41) is 19.1. The first-order valence-corrected chi connectivity index (χ1v) is 9.22. The average molecular weight is 364 g/mol. The van der Waals surface area contributed by atoms with Crippen molar-refractivity contribution in [1.29, 1.82) is 10.5 Å². The molecule has 4 rings (SSSR count). The van der Waals surface area contributed by atoms with Gasteiger partial charge in [-0.05, 0) is 37.1 Å². The molecule has 1 atom stereocenters. The lowest BCUT2D eigenvalue weighted by Crippen LogP contribution is -2.36. The van der Waals surface area contributed by atoms with Gasteiger partial charge in [0.05, 0.1) is 28.2 Å².